The van der Waals surface area contributed by atoms with Gasteiger partial charge in [-0.05, 0) is 46.3 Å². The Balaban J connectivity index is 1.62. The minimum absolute atomic E-state index is 0.0758. The predicted octanol–water partition coefficient (Wildman–Crippen LogP) is 4.05. The van der Waals surface area contributed by atoms with Gasteiger partial charge in [0.05, 0.1) is 28.1 Å². The normalized spacial score (nSPS) is 14.6. The third-order valence-electron chi connectivity index (χ3n) is 3.30. The lowest BCUT2D eigenvalue weighted by atomic mass is 10.1. The zero-order valence-corrected chi connectivity index (χ0v) is 14.4. The van der Waals surface area contributed by atoms with Crippen LogP contribution in [0.15, 0.2) is 41.0 Å². The van der Waals surface area contributed by atoms with Gasteiger partial charge in [-0.3, -0.25) is 4.79 Å². The van der Waals surface area contributed by atoms with Crippen molar-refractivity contribution in [1.82, 2.24) is 9.88 Å². The fourth-order valence-electron chi connectivity index (χ4n) is 2.13. The van der Waals surface area contributed by atoms with Gasteiger partial charge in [0.1, 0.15) is 6.10 Å². The number of benzene rings is 1. The molecule has 3 rings (SSSR count). The van der Waals surface area contributed by atoms with Gasteiger partial charge in [0.25, 0.3) is 5.91 Å². The minimum Gasteiger partial charge on any atom is -0.470 e. The van der Waals surface area contributed by atoms with Crippen molar-refractivity contribution in [3.8, 4) is 5.88 Å². The smallest absolute Gasteiger partial charge is 0.255 e. The molecule has 1 aliphatic heterocycles. The van der Waals surface area contributed by atoms with Crippen LogP contribution in [-0.2, 0) is 0 Å². The maximum Gasteiger partial charge on any atom is 0.255 e. The Morgan fingerprint density at radius 2 is 2.09 bits per heavy atom. The average molecular weight is 402 g/mol. The van der Waals surface area contributed by atoms with Crippen molar-refractivity contribution < 1.29 is 9.53 Å². The molecule has 0 spiro atoms. The predicted molar refractivity (Wildman–Crippen MR) is 88.7 cm³/mol. The van der Waals surface area contributed by atoms with Crippen molar-refractivity contribution in [3.63, 3.8) is 0 Å². The molecular formula is C15H11BrCl2N2O2. The first-order chi connectivity index (χ1) is 10.5. The van der Waals surface area contributed by atoms with Crippen LogP contribution in [0.25, 0.3) is 0 Å². The highest BCUT2D eigenvalue weighted by molar-refractivity contribution is 9.10. The number of hydrogen-bond acceptors (Lipinski definition) is 3. The Labute approximate surface area is 146 Å². The fourth-order valence-corrected chi connectivity index (χ4v) is 2.84. The highest BCUT2D eigenvalue weighted by Crippen LogP contribution is 2.27. The molecule has 1 aromatic heterocycles. The number of halogens is 3. The summed E-state index contributed by atoms with van der Waals surface area (Å²) in [4.78, 5) is 18.2. The highest BCUT2D eigenvalue weighted by atomic mass is 79.9. The molecule has 2 aromatic rings. The van der Waals surface area contributed by atoms with Crippen LogP contribution in [0.3, 0.4) is 0 Å². The van der Waals surface area contributed by atoms with Crippen molar-refractivity contribution in [3.05, 3.63) is 56.6 Å². The van der Waals surface area contributed by atoms with E-state index in [4.69, 9.17) is 27.9 Å². The number of hydrogen-bond donors (Lipinski definition) is 0. The van der Waals surface area contributed by atoms with Gasteiger partial charge in [0.2, 0.25) is 5.88 Å². The largest absolute Gasteiger partial charge is 0.470 e. The topological polar surface area (TPSA) is 42.4 Å². The van der Waals surface area contributed by atoms with E-state index in [0.29, 0.717) is 34.6 Å². The first-order valence-electron chi connectivity index (χ1n) is 6.56. The van der Waals surface area contributed by atoms with Crippen LogP contribution in [0.1, 0.15) is 10.4 Å². The Kier molecular flexibility index (Phi) is 4.57. The summed E-state index contributed by atoms with van der Waals surface area (Å²) in [6.07, 6.45) is 1.58. The third kappa shape index (κ3) is 3.21. The third-order valence-corrected chi connectivity index (χ3v) is 4.47. The molecular weight excluding hydrogens is 391 g/mol. The van der Waals surface area contributed by atoms with Gasteiger partial charge in [-0.25, -0.2) is 4.98 Å². The lowest BCUT2D eigenvalue weighted by Gasteiger charge is -2.38. The molecule has 22 heavy (non-hydrogen) atoms. The molecule has 2 heterocycles. The van der Waals surface area contributed by atoms with E-state index in [9.17, 15) is 4.79 Å². The van der Waals surface area contributed by atoms with E-state index in [-0.39, 0.29) is 12.0 Å². The summed E-state index contributed by atoms with van der Waals surface area (Å²) in [6, 6.07) is 8.53. The van der Waals surface area contributed by atoms with Crippen molar-refractivity contribution in [1.29, 1.82) is 0 Å². The standard InChI is InChI=1S/C15H11BrCl2N2O2/c16-12-2-1-5-19-14(12)22-10-7-20(8-10)15(21)11-6-9(17)3-4-13(11)18/h1-6,10H,7-8H2. The molecule has 114 valence electrons. The zero-order valence-electron chi connectivity index (χ0n) is 11.3. The molecule has 0 atom stereocenters. The molecule has 1 fully saturated rings. The summed E-state index contributed by atoms with van der Waals surface area (Å²) in [5.41, 5.74) is 0.409. The summed E-state index contributed by atoms with van der Waals surface area (Å²) >= 11 is 15.3. The highest BCUT2D eigenvalue weighted by Gasteiger charge is 2.34. The number of carbonyl (C=O) groups is 1. The molecule has 0 saturated carbocycles. The fraction of sp³-hybridized carbons (Fsp3) is 0.200. The van der Waals surface area contributed by atoms with E-state index < -0.39 is 0 Å². The first kappa shape index (κ1) is 15.6. The van der Waals surface area contributed by atoms with Crippen LogP contribution in [0.2, 0.25) is 10.0 Å². The second-order valence-corrected chi connectivity index (χ2v) is 6.56. The number of nitrogens with zero attached hydrogens (tertiary/aromatic N) is 2. The second-order valence-electron chi connectivity index (χ2n) is 4.86. The van der Waals surface area contributed by atoms with Crippen LogP contribution < -0.4 is 4.74 Å². The monoisotopic (exact) mass is 400 g/mol. The lowest BCUT2D eigenvalue weighted by molar-refractivity contribution is 0.0157. The van der Waals surface area contributed by atoms with Gasteiger partial charge >= 0.3 is 0 Å². The molecule has 1 saturated heterocycles. The summed E-state index contributed by atoms with van der Waals surface area (Å²) < 4.78 is 6.53. The van der Waals surface area contributed by atoms with Gasteiger partial charge in [0, 0.05) is 11.2 Å². The molecule has 0 bridgehead atoms. The van der Waals surface area contributed by atoms with Crippen molar-refractivity contribution in [2.24, 2.45) is 0 Å². The molecule has 0 N–H and O–H groups in total. The number of rotatable bonds is 3. The first-order valence-corrected chi connectivity index (χ1v) is 8.11. The molecule has 0 unspecified atom stereocenters. The number of ether oxygens (including phenoxy) is 1. The van der Waals surface area contributed by atoms with Crippen LogP contribution in [0.4, 0.5) is 0 Å². The van der Waals surface area contributed by atoms with E-state index in [0.717, 1.165) is 4.47 Å². The Morgan fingerprint density at radius 1 is 1.32 bits per heavy atom. The summed E-state index contributed by atoms with van der Waals surface area (Å²) in [6.45, 7) is 0.982. The molecule has 4 nitrogen and oxygen atoms in total. The number of carbonyl (C=O) groups excluding carboxylic acids is 1. The van der Waals surface area contributed by atoms with Crippen molar-refractivity contribution >= 4 is 45.0 Å². The van der Waals surface area contributed by atoms with Gasteiger partial charge in [-0.15, -0.1) is 0 Å². The Morgan fingerprint density at radius 3 is 2.82 bits per heavy atom. The molecule has 1 aliphatic rings. The van der Waals surface area contributed by atoms with Crippen LogP contribution in [0, 0.1) is 0 Å². The summed E-state index contributed by atoms with van der Waals surface area (Å²) in [7, 11) is 0. The minimum atomic E-state index is -0.146. The second kappa shape index (κ2) is 6.44. The number of aromatic nitrogens is 1. The van der Waals surface area contributed by atoms with E-state index in [1.165, 1.54) is 0 Å². The summed E-state index contributed by atoms with van der Waals surface area (Å²) in [5, 5.41) is 0.879. The van der Waals surface area contributed by atoms with E-state index in [1.54, 1.807) is 29.3 Å². The van der Waals surface area contributed by atoms with Crippen LogP contribution in [-0.4, -0.2) is 35.0 Å². The average Bonchev–Trinajstić information content (AvgIpc) is 2.46. The van der Waals surface area contributed by atoms with E-state index in [1.807, 2.05) is 12.1 Å². The van der Waals surface area contributed by atoms with Gasteiger partial charge < -0.3 is 9.64 Å². The molecule has 1 amide bonds. The molecule has 0 aliphatic carbocycles. The van der Waals surface area contributed by atoms with Gasteiger partial charge in [0.15, 0.2) is 0 Å². The quantitative estimate of drug-likeness (QED) is 0.778. The van der Waals surface area contributed by atoms with Crippen LogP contribution >= 0.6 is 39.1 Å². The molecule has 7 heteroatoms. The Bertz CT molecular complexity index is 720. The summed E-state index contributed by atoms with van der Waals surface area (Å²) in [5.74, 6) is 0.382. The maximum atomic E-state index is 12.4. The van der Waals surface area contributed by atoms with Gasteiger partial charge in [-0.1, -0.05) is 23.2 Å². The molecule has 1 aromatic carbocycles. The number of likely N-dealkylation sites (tertiary alicyclic amines) is 1. The maximum absolute atomic E-state index is 12.4. The van der Waals surface area contributed by atoms with Gasteiger partial charge in [-0.2, -0.15) is 0 Å². The lowest BCUT2D eigenvalue weighted by Crippen LogP contribution is -2.56. The Hall–Kier alpha value is -1.30. The van der Waals surface area contributed by atoms with E-state index in [2.05, 4.69) is 20.9 Å². The SMILES string of the molecule is O=C(c1cc(Cl)ccc1Cl)N1CC(Oc2ncccc2Br)C1. The van der Waals surface area contributed by atoms with E-state index >= 15 is 0 Å². The molecule has 0 radical (unpaired) electrons. The zero-order chi connectivity index (χ0) is 15.7. The van der Waals surface area contributed by atoms with Crippen LogP contribution in [0.5, 0.6) is 5.88 Å². The number of pyridine rings is 1. The number of amides is 1. The van der Waals surface area contributed by atoms with Crippen molar-refractivity contribution in [2.75, 3.05) is 13.1 Å². The van der Waals surface area contributed by atoms with Crippen molar-refractivity contribution in [2.45, 2.75) is 6.10 Å².